The summed E-state index contributed by atoms with van der Waals surface area (Å²) in [5, 5.41) is 0. The molecule has 0 aliphatic carbocycles. The first-order chi connectivity index (χ1) is 7.46. The van der Waals surface area contributed by atoms with Crippen molar-refractivity contribution in [1.29, 1.82) is 0 Å². The molecule has 2 N–H and O–H groups in total. The van der Waals surface area contributed by atoms with Gasteiger partial charge in [0, 0.05) is 17.1 Å². The number of hydrogen-bond donors (Lipinski definition) is 1. The van der Waals surface area contributed by atoms with Gasteiger partial charge in [0.15, 0.2) is 0 Å². The van der Waals surface area contributed by atoms with E-state index in [1.807, 2.05) is 0 Å². The van der Waals surface area contributed by atoms with E-state index in [0.717, 1.165) is 6.07 Å². The largest absolute Gasteiger partial charge is 0.417 e. The van der Waals surface area contributed by atoms with Gasteiger partial charge in [0.1, 0.15) is 0 Å². The van der Waals surface area contributed by atoms with E-state index < -0.39 is 11.7 Å². The summed E-state index contributed by atoms with van der Waals surface area (Å²) in [7, 11) is 0. The Bertz CT molecular complexity index is 385. The summed E-state index contributed by atoms with van der Waals surface area (Å²) >= 11 is 5.43. The van der Waals surface area contributed by atoms with Crippen LogP contribution in [0.4, 0.5) is 18.9 Å². The smallest absolute Gasteiger partial charge is 0.398 e. The molecule has 88 valence electrons. The number of hydrogen-bond acceptors (Lipinski definition) is 1. The molecule has 1 nitrogen and oxygen atoms in total. The molecule has 1 aromatic carbocycles. The van der Waals surface area contributed by atoms with E-state index in [-0.39, 0.29) is 11.3 Å². The molecule has 0 heterocycles. The zero-order chi connectivity index (χ0) is 12.2. The van der Waals surface area contributed by atoms with Crippen LogP contribution in [0.15, 0.2) is 24.3 Å². The van der Waals surface area contributed by atoms with Gasteiger partial charge < -0.3 is 5.73 Å². The summed E-state index contributed by atoms with van der Waals surface area (Å²) < 4.78 is 37.9. The van der Waals surface area contributed by atoms with Gasteiger partial charge >= 0.3 is 6.18 Å². The van der Waals surface area contributed by atoms with E-state index >= 15 is 0 Å². The van der Waals surface area contributed by atoms with Gasteiger partial charge in [-0.25, -0.2) is 0 Å². The molecular weight excluding hydrogens is 239 g/mol. The fourth-order valence-electron chi connectivity index (χ4n) is 1.28. The van der Waals surface area contributed by atoms with Crippen molar-refractivity contribution in [3.05, 3.63) is 35.4 Å². The van der Waals surface area contributed by atoms with Crippen molar-refractivity contribution in [2.45, 2.75) is 12.6 Å². The lowest BCUT2D eigenvalue weighted by molar-refractivity contribution is -0.137. The molecular formula is C11H11ClF3N. The first-order valence-corrected chi connectivity index (χ1v) is 5.18. The van der Waals surface area contributed by atoms with Crippen LogP contribution in [-0.4, -0.2) is 5.88 Å². The monoisotopic (exact) mass is 249 g/mol. The standard InChI is InChI=1S/C11H11ClF3N/c12-7-2-1-4-8-9(11(13,14)15)5-3-6-10(8)16/h1,3-6H,2,7,16H2. The maximum atomic E-state index is 12.6. The van der Waals surface area contributed by atoms with Crippen LogP contribution in [0.1, 0.15) is 17.5 Å². The lowest BCUT2D eigenvalue weighted by Crippen LogP contribution is -2.08. The van der Waals surface area contributed by atoms with Gasteiger partial charge in [-0.05, 0) is 18.6 Å². The SMILES string of the molecule is Nc1cccc(C(F)(F)F)c1C=CCCCl. The summed E-state index contributed by atoms with van der Waals surface area (Å²) in [6.07, 6.45) is -0.947. The van der Waals surface area contributed by atoms with E-state index in [4.69, 9.17) is 17.3 Å². The predicted molar refractivity (Wildman–Crippen MR) is 60.2 cm³/mol. The molecule has 0 atom stereocenters. The van der Waals surface area contributed by atoms with E-state index in [1.54, 1.807) is 6.08 Å². The van der Waals surface area contributed by atoms with Crippen molar-refractivity contribution in [2.24, 2.45) is 0 Å². The fraction of sp³-hybridized carbons (Fsp3) is 0.273. The maximum absolute atomic E-state index is 12.6. The van der Waals surface area contributed by atoms with Crippen LogP contribution < -0.4 is 5.73 Å². The lowest BCUT2D eigenvalue weighted by atomic mass is 10.0. The highest BCUT2D eigenvalue weighted by atomic mass is 35.5. The molecule has 0 radical (unpaired) electrons. The number of rotatable bonds is 3. The highest BCUT2D eigenvalue weighted by molar-refractivity contribution is 6.17. The Morgan fingerprint density at radius 1 is 1.31 bits per heavy atom. The number of anilines is 1. The van der Waals surface area contributed by atoms with Gasteiger partial charge in [0.25, 0.3) is 0 Å². The second-order valence-corrected chi connectivity index (χ2v) is 3.56. The highest BCUT2D eigenvalue weighted by Gasteiger charge is 2.33. The van der Waals surface area contributed by atoms with E-state index in [0.29, 0.717) is 12.3 Å². The van der Waals surface area contributed by atoms with Crippen LogP contribution in [0.25, 0.3) is 6.08 Å². The average molecular weight is 250 g/mol. The molecule has 0 saturated carbocycles. The zero-order valence-electron chi connectivity index (χ0n) is 8.39. The molecule has 0 saturated heterocycles. The molecule has 0 amide bonds. The molecule has 0 aromatic heterocycles. The fourth-order valence-corrected chi connectivity index (χ4v) is 1.41. The predicted octanol–water partition coefficient (Wildman–Crippen LogP) is 3.93. The van der Waals surface area contributed by atoms with Crippen molar-refractivity contribution in [3.63, 3.8) is 0 Å². The minimum Gasteiger partial charge on any atom is -0.398 e. The van der Waals surface area contributed by atoms with Gasteiger partial charge in [-0.3, -0.25) is 0 Å². The van der Waals surface area contributed by atoms with Gasteiger partial charge in [-0.2, -0.15) is 13.2 Å². The van der Waals surface area contributed by atoms with Crippen LogP contribution >= 0.6 is 11.6 Å². The van der Waals surface area contributed by atoms with Gasteiger partial charge in [0.05, 0.1) is 5.56 Å². The Kier molecular flexibility index (Phi) is 4.24. The van der Waals surface area contributed by atoms with Crippen molar-refractivity contribution in [1.82, 2.24) is 0 Å². The molecule has 0 fully saturated rings. The summed E-state index contributed by atoms with van der Waals surface area (Å²) in [4.78, 5) is 0. The Hall–Kier alpha value is -1.16. The Balaban J connectivity index is 3.14. The summed E-state index contributed by atoms with van der Waals surface area (Å²) in [6.45, 7) is 0. The first kappa shape index (κ1) is 12.9. The number of nitrogen functional groups attached to an aromatic ring is 1. The van der Waals surface area contributed by atoms with E-state index in [2.05, 4.69) is 0 Å². The third-order valence-electron chi connectivity index (χ3n) is 2.01. The number of halogens is 4. The summed E-state index contributed by atoms with van der Waals surface area (Å²) in [6, 6.07) is 3.74. The molecule has 16 heavy (non-hydrogen) atoms. The quantitative estimate of drug-likeness (QED) is 0.637. The van der Waals surface area contributed by atoms with Gasteiger partial charge in [-0.15, -0.1) is 11.6 Å². The normalized spacial score (nSPS) is 12.2. The Morgan fingerprint density at radius 2 is 2.00 bits per heavy atom. The van der Waals surface area contributed by atoms with Crippen molar-refractivity contribution in [2.75, 3.05) is 11.6 Å². The van der Waals surface area contributed by atoms with Crippen molar-refractivity contribution >= 4 is 23.4 Å². The van der Waals surface area contributed by atoms with Gasteiger partial charge in [-0.1, -0.05) is 18.2 Å². The molecule has 0 aliphatic heterocycles. The van der Waals surface area contributed by atoms with E-state index in [9.17, 15) is 13.2 Å². The average Bonchev–Trinajstić information content (AvgIpc) is 2.19. The lowest BCUT2D eigenvalue weighted by Gasteiger charge is -2.11. The topological polar surface area (TPSA) is 26.0 Å². The molecule has 0 bridgehead atoms. The number of nitrogens with two attached hydrogens (primary N) is 1. The molecule has 0 spiro atoms. The van der Waals surface area contributed by atoms with Gasteiger partial charge in [0.2, 0.25) is 0 Å². The zero-order valence-corrected chi connectivity index (χ0v) is 9.15. The maximum Gasteiger partial charge on any atom is 0.417 e. The number of alkyl halides is 4. The van der Waals surface area contributed by atoms with Crippen molar-refractivity contribution < 1.29 is 13.2 Å². The third-order valence-corrected chi connectivity index (χ3v) is 2.22. The third kappa shape index (κ3) is 3.17. The minimum absolute atomic E-state index is 0.000108. The van der Waals surface area contributed by atoms with Crippen LogP contribution in [0.5, 0.6) is 0 Å². The summed E-state index contributed by atoms with van der Waals surface area (Å²) in [5.41, 5.74) is 4.90. The second kappa shape index (κ2) is 5.25. The number of allylic oxidation sites excluding steroid dienone is 1. The minimum atomic E-state index is -4.39. The van der Waals surface area contributed by atoms with Crippen LogP contribution in [0.3, 0.4) is 0 Å². The van der Waals surface area contributed by atoms with Crippen LogP contribution in [-0.2, 0) is 6.18 Å². The molecule has 1 rings (SSSR count). The second-order valence-electron chi connectivity index (χ2n) is 3.19. The van der Waals surface area contributed by atoms with Crippen molar-refractivity contribution in [3.8, 4) is 0 Å². The Morgan fingerprint density at radius 3 is 2.56 bits per heavy atom. The first-order valence-electron chi connectivity index (χ1n) is 4.65. The van der Waals surface area contributed by atoms with Crippen LogP contribution in [0.2, 0.25) is 0 Å². The highest BCUT2D eigenvalue weighted by Crippen LogP contribution is 2.34. The van der Waals surface area contributed by atoms with Crippen LogP contribution in [0, 0.1) is 0 Å². The summed E-state index contributed by atoms with van der Waals surface area (Å²) in [5.74, 6) is 0.366. The Labute approximate surface area is 96.7 Å². The number of benzene rings is 1. The molecule has 0 aliphatic rings. The molecule has 0 unspecified atom stereocenters. The van der Waals surface area contributed by atoms with E-state index in [1.165, 1.54) is 18.2 Å². The molecule has 5 heteroatoms. The molecule has 1 aromatic rings.